The number of β-lactam (4-membered cyclic amide) rings is 1. The Balaban J connectivity index is 1.97. The fourth-order valence-electron chi connectivity index (χ4n) is 3.08. The molecule has 1 fully saturated rings. The molecule has 1 saturated heterocycles. The Labute approximate surface area is 132 Å². The minimum absolute atomic E-state index is 0.0337. The molecule has 1 unspecified atom stereocenters. The zero-order valence-corrected chi connectivity index (χ0v) is 12.8. The molecule has 1 aliphatic rings. The number of hydrogen-bond acceptors (Lipinski definition) is 1. The van der Waals surface area contributed by atoms with Gasteiger partial charge in [-0.3, -0.25) is 4.79 Å². The van der Waals surface area contributed by atoms with Crippen molar-refractivity contribution in [3.05, 3.63) is 65.7 Å². The zero-order chi connectivity index (χ0) is 16.8. The lowest BCUT2D eigenvalue weighted by atomic mass is 9.70. The first-order valence-corrected chi connectivity index (χ1v) is 7.29. The van der Waals surface area contributed by atoms with E-state index in [-0.39, 0.29) is 11.9 Å². The van der Waals surface area contributed by atoms with E-state index in [4.69, 9.17) is 0 Å². The number of para-hydroxylation sites is 1. The molecule has 1 amide bonds. The SMILES string of the molecule is CC1(C)C(=O)N(c2ccccc2)C1c1ccc(C(F)(F)F)cc1. The van der Waals surface area contributed by atoms with Gasteiger partial charge in [-0.1, -0.05) is 30.3 Å². The van der Waals surface area contributed by atoms with Crippen LogP contribution in [0.2, 0.25) is 0 Å². The Kier molecular flexibility index (Phi) is 3.47. The van der Waals surface area contributed by atoms with Crippen molar-refractivity contribution >= 4 is 11.6 Å². The third kappa shape index (κ3) is 2.50. The summed E-state index contributed by atoms with van der Waals surface area (Å²) in [5.41, 5.74) is 0.124. The van der Waals surface area contributed by atoms with E-state index in [0.717, 1.165) is 17.8 Å². The first-order chi connectivity index (χ1) is 10.7. The Bertz CT molecular complexity index is 720. The maximum absolute atomic E-state index is 12.7. The number of alkyl halides is 3. The minimum atomic E-state index is -4.36. The molecule has 0 aliphatic carbocycles. The number of carbonyl (C=O) groups is 1. The van der Waals surface area contributed by atoms with Crippen LogP contribution in [0.4, 0.5) is 18.9 Å². The molecule has 0 N–H and O–H groups in total. The van der Waals surface area contributed by atoms with Gasteiger partial charge in [0.05, 0.1) is 17.0 Å². The number of benzene rings is 2. The van der Waals surface area contributed by atoms with Gasteiger partial charge in [0.2, 0.25) is 5.91 Å². The first-order valence-electron chi connectivity index (χ1n) is 7.29. The second-order valence-electron chi connectivity index (χ2n) is 6.25. The summed E-state index contributed by atoms with van der Waals surface area (Å²) in [4.78, 5) is 14.1. The predicted octanol–water partition coefficient (Wildman–Crippen LogP) is 4.82. The molecule has 2 aromatic rings. The van der Waals surface area contributed by atoms with Gasteiger partial charge in [-0.25, -0.2) is 0 Å². The largest absolute Gasteiger partial charge is 0.416 e. The molecule has 5 heteroatoms. The van der Waals surface area contributed by atoms with Gasteiger partial charge in [-0.2, -0.15) is 13.2 Å². The molecule has 2 aromatic carbocycles. The quantitative estimate of drug-likeness (QED) is 0.727. The molecule has 0 spiro atoms. The molecule has 1 heterocycles. The molecule has 0 radical (unpaired) electrons. The number of amides is 1. The molecule has 1 atom stereocenters. The maximum atomic E-state index is 12.7. The van der Waals surface area contributed by atoms with Crippen molar-refractivity contribution in [3.63, 3.8) is 0 Å². The summed E-state index contributed by atoms with van der Waals surface area (Å²) in [6.07, 6.45) is -4.36. The lowest BCUT2D eigenvalue weighted by molar-refractivity contribution is -0.138. The van der Waals surface area contributed by atoms with Crippen LogP contribution in [0.25, 0.3) is 0 Å². The highest BCUT2D eigenvalue weighted by atomic mass is 19.4. The van der Waals surface area contributed by atoms with Crippen LogP contribution in [0.5, 0.6) is 0 Å². The van der Waals surface area contributed by atoms with Gasteiger partial charge in [0, 0.05) is 5.69 Å². The van der Waals surface area contributed by atoms with Crippen molar-refractivity contribution in [2.24, 2.45) is 5.41 Å². The molecule has 3 rings (SSSR count). The number of anilines is 1. The minimum Gasteiger partial charge on any atom is -0.303 e. The lowest BCUT2D eigenvalue weighted by Crippen LogP contribution is -2.61. The number of halogens is 3. The Morgan fingerprint density at radius 2 is 1.52 bits per heavy atom. The molecular formula is C18H16F3NO. The van der Waals surface area contributed by atoms with E-state index in [9.17, 15) is 18.0 Å². The van der Waals surface area contributed by atoms with E-state index in [1.165, 1.54) is 12.1 Å². The summed E-state index contributed by atoms with van der Waals surface area (Å²) in [7, 11) is 0. The van der Waals surface area contributed by atoms with Crippen LogP contribution in [0, 0.1) is 5.41 Å². The monoisotopic (exact) mass is 319 g/mol. The summed E-state index contributed by atoms with van der Waals surface area (Å²) in [5, 5.41) is 0. The van der Waals surface area contributed by atoms with Crippen LogP contribution in [0.3, 0.4) is 0 Å². The predicted molar refractivity (Wildman–Crippen MR) is 81.9 cm³/mol. The van der Waals surface area contributed by atoms with Crippen molar-refractivity contribution in [2.45, 2.75) is 26.1 Å². The van der Waals surface area contributed by atoms with Gasteiger partial charge in [-0.05, 0) is 43.7 Å². The van der Waals surface area contributed by atoms with Crippen LogP contribution < -0.4 is 4.90 Å². The summed E-state index contributed by atoms with van der Waals surface area (Å²) in [6, 6.07) is 13.9. The average Bonchev–Trinajstić information content (AvgIpc) is 2.52. The highest BCUT2D eigenvalue weighted by molar-refractivity contribution is 6.05. The molecule has 23 heavy (non-hydrogen) atoms. The fraction of sp³-hybridized carbons (Fsp3) is 0.278. The molecule has 0 aromatic heterocycles. The van der Waals surface area contributed by atoms with Gasteiger partial charge >= 0.3 is 6.18 Å². The zero-order valence-electron chi connectivity index (χ0n) is 12.8. The van der Waals surface area contributed by atoms with Crippen molar-refractivity contribution < 1.29 is 18.0 Å². The number of nitrogens with zero attached hydrogens (tertiary/aromatic N) is 1. The van der Waals surface area contributed by atoms with E-state index in [0.29, 0.717) is 5.56 Å². The topological polar surface area (TPSA) is 20.3 Å². The summed E-state index contributed by atoms with van der Waals surface area (Å²) < 4.78 is 38.1. The molecule has 2 nitrogen and oxygen atoms in total. The summed E-state index contributed by atoms with van der Waals surface area (Å²) in [6.45, 7) is 3.63. The standard InChI is InChI=1S/C18H16F3NO/c1-17(2)15(12-8-10-13(11-9-12)18(19,20)21)22(16(17)23)14-6-4-3-5-7-14/h3-11,15H,1-2H3. The van der Waals surface area contributed by atoms with Gasteiger partial charge in [0.15, 0.2) is 0 Å². The summed E-state index contributed by atoms with van der Waals surface area (Å²) >= 11 is 0. The summed E-state index contributed by atoms with van der Waals surface area (Å²) in [5.74, 6) is -0.0337. The van der Waals surface area contributed by atoms with Crippen LogP contribution >= 0.6 is 0 Å². The number of carbonyl (C=O) groups excluding carboxylic acids is 1. The van der Waals surface area contributed by atoms with Crippen LogP contribution in [0.15, 0.2) is 54.6 Å². The smallest absolute Gasteiger partial charge is 0.303 e. The highest BCUT2D eigenvalue weighted by Crippen LogP contribution is 2.51. The molecular weight excluding hydrogens is 303 g/mol. The fourth-order valence-corrected chi connectivity index (χ4v) is 3.08. The van der Waals surface area contributed by atoms with Gasteiger partial charge < -0.3 is 4.90 Å². The lowest BCUT2D eigenvalue weighted by Gasteiger charge is -2.53. The molecule has 1 aliphatic heterocycles. The van der Waals surface area contributed by atoms with E-state index >= 15 is 0 Å². The average molecular weight is 319 g/mol. The van der Waals surface area contributed by atoms with Crippen LogP contribution in [-0.4, -0.2) is 5.91 Å². The van der Waals surface area contributed by atoms with E-state index in [1.54, 1.807) is 4.90 Å². The van der Waals surface area contributed by atoms with Crippen LogP contribution in [0.1, 0.15) is 31.0 Å². The van der Waals surface area contributed by atoms with Crippen molar-refractivity contribution in [2.75, 3.05) is 4.90 Å². The Morgan fingerprint density at radius 3 is 2.04 bits per heavy atom. The number of hydrogen-bond donors (Lipinski definition) is 0. The Hall–Kier alpha value is -2.30. The Morgan fingerprint density at radius 1 is 0.957 bits per heavy atom. The molecule has 0 saturated carbocycles. The molecule has 0 bridgehead atoms. The van der Waals surface area contributed by atoms with E-state index in [2.05, 4.69) is 0 Å². The normalized spacial score (nSPS) is 20.3. The third-order valence-corrected chi connectivity index (χ3v) is 4.30. The van der Waals surface area contributed by atoms with Crippen LogP contribution in [-0.2, 0) is 11.0 Å². The van der Waals surface area contributed by atoms with Gasteiger partial charge in [0.1, 0.15) is 0 Å². The van der Waals surface area contributed by atoms with Gasteiger partial charge in [0.25, 0.3) is 0 Å². The number of rotatable bonds is 2. The molecule has 120 valence electrons. The van der Waals surface area contributed by atoms with E-state index in [1.807, 2.05) is 44.2 Å². The van der Waals surface area contributed by atoms with Crippen molar-refractivity contribution in [1.29, 1.82) is 0 Å². The maximum Gasteiger partial charge on any atom is 0.416 e. The second kappa shape index (κ2) is 5.11. The highest BCUT2D eigenvalue weighted by Gasteiger charge is 2.55. The first kappa shape index (κ1) is 15.6. The second-order valence-corrected chi connectivity index (χ2v) is 6.25. The van der Waals surface area contributed by atoms with Crippen molar-refractivity contribution in [3.8, 4) is 0 Å². The third-order valence-electron chi connectivity index (χ3n) is 4.30. The van der Waals surface area contributed by atoms with E-state index < -0.39 is 17.2 Å². The van der Waals surface area contributed by atoms with Crippen molar-refractivity contribution in [1.82, 2.24) is 0 Å². The van der Waals surface area contributed by atoms with Gasteiger partial charge in [-0.15, -0.1) is 0 Å².